The maximum atomic E-state index is 6.03. The van der Waals surface area contributed by atoms with E-state index in [4.69, 9.17) is 14.0 Å². The standard InChI is InChI=1S/C27H35N3O3/c1-7-28-16-22-26(19-11-10-18-9-8-12-30(4)23(18)13-19)27(33-29-22)21-14-20(17(2)3)24(31-5)15-25(21)32-6/h10-11,13-15,17,28H,7-9,12,16H2,1-6H3. The van der Waals surface area contributed by atoms with Gasteiger partial charge in [-0.1, -0.05) is 38.1 Å². The van der Waals surface area contributed by atoms with E-state index >= 15 is 0 Å². The summed E-state index contributed by atoms with van der Waals surface area (Å²) in [6, 6.07) is 10.8. The number of fused-ring (bicyclic) bond motifs is 1. The summed E-state index contributed by atoms with van der Waals surface area (Å²) in [6.45, 7) is 8.98. The Morgan fingerprint density at radius 2 is 1.91 bits per heavy atom. The van der Waals surface area contributed by atoms with E-state index in [-0.39, 0.29) is 5.92 Å². The molecule has 0 amide bonds. The molecule has 6 nitrogen and oxygen atoms in total. The highest BCUT2D eigenvalue weighted by Gasteiger charge is 2.25. The van der Waals surface area contributed by atoms with Gasteiger partial charge in [-0.2, -0.15) is 0 Å². The second kappa shape index (κ2) is 9.87. The Labute approximate surface area is 196 Å². The van der Waals surface area contributed by atoms with Gasteiger partial charge >= 0.3 is 0 Å². The van der Waals surface area contributed by atoms with Crippen molar-refractivity contribution in [1.82, 2.24) is 10.5 Å². The quantitative estimate of drug-likeness (QED) is 0.480. The number of ether oxygens (including phenoxy) is 2. The Bertz CT molecular complexity index is 1120. The van der Waals surface area contributed by atoms with Crippen LogP contribution < -0.4 is 19.7 Å². The van der Waals surface area contributed by atoms with Crippen molar-refractivity contribution in [3.63, 3.8) is 0 Å². The smallest absolute Gasteiger partial charge is 0.178 e. The van der Waals surface area contributed by atoms with Crippen LogP contribution in [0.25, 0.3) is 22.5 Å². The molecule has 6 heteroatoms. The first-order chi connectivity index (χ1) is 16.0. The molecule has 0 atom stereocenters. The first-order valence-corrected chi connectivity index (χ1v) is 11.8. The molecule has 0 radical (unpaired) electrons. The maximum Gasteiger partial charge on any atom is 0.178 e. The van der Waals surface area contributed by atoms with E-state index in [0.29, 0.717) is 12.3 Å². The van der Waals surface area contributed by atoms with Crippen LogP contribution in [0.15, 0.2) is 34.9 Å². The number of nitrogens with zero attached hydrogens (tertiary/aromatic N) is 2. The minimum atomic E-state index is 0.287. The number of nitrogens with one attached hydrogen (secondary N) is 1. The molecule has 3 aromatic rings. The average molecular weight is 450 g/mol. The van der Waals surface area contributed by atoms with Gasteiger partial charge in [-0.3, -0.25) is 0 Å². The van der Waals surface area contributed by atoms with Crippen LogP contribution in [-0.4, -0.2) is 39.5 Å². The molecule has 0 unspecified atom stereocenters. The van der Waals surface area contributed by atoms with Crippen molar-refractivity contribution < 1.29 is 14.0 Å². The summed E-state index contributed by atoms with van der Waals surface area (Å²) in [6.07, 6.45) is 2.30. The molecule has 1 aliphatic heterocycles. The van der Waals surface area contributed by atoms with Crippen LogP contribution in [0.5, 0.6) is 11.5 Å². The molecular weight excluding hydrogens is 414 g/mol. The number of aromatic nitrogens is 1. The summed E-state index contributed by atoms with van der Waals surface area (Å²) in [5, 5.41) is 7.90. The lowest BCUT2D eigenvalue weighted by atomic mass is 9.92. The van der Waals surface area contributed by atoms with Crippen molar-refractivity contribution in [3.8, 4) is 33.9 Å². The highest BCUT2D eigenvalue weighted by atomic mass is 16.5. The molecule has 0 bridgehead atoms. The van der Waals surface area contributed by atoms with Gasteiger partial charge in [0.2, 0.25) is 0 Å². The van der Waals surface area contributed by atoms with E-state index in [1.54, 1.807) is 14.2 Å². The number of benzene rings is 2. The van der Waals surface area contributed by atoms with Gasteiger partial charge in [0.25, 0.3) is 0 Å². The third kappa shape index (κ3) is 4.44. The fourth-order valence-corrected chi connectivity index (χ4v) is 4.63. The largest absolute Gasteiger partial charge is 0.496 e. The van der Waals surface area contributed by atoms with E-state index < -0.39 is 0 Å². The molecule has 33 heavy (non-hydrogen) atoms. The first-order valence-electron chi connectivity index (χ1n) is 11.8. The summed E-state index contributed by atoms with van der Waals surface area (Å²) in [5.41, 5.74) is 7.68. The molecule has 176 valence electrons. The van der Waals surface area contributed by atoms with E-state index in [0.717, 1.165) is 59.0 Å². The molecule has 0 saturated heterocycles. The Kier molecular flexibility index (Phi) is 6.94. The van der Waals surface area contributed by atoms with Crippen molar-refractivity contribution in [3.05, 3.63) is 47.2 Å². The lowest BCUT2D eigenvalue weighted by Gasteiger charge is -2.28. The van der Waals surface area contributed by atoms with Crippen molar-refractivity contribution in [2.24, 2.45) is 0 Å². The van der Waals surface area contributed by atoms with Crippen LogP contribution in [0.3, 0.4) is 0 Å². The molecule has 0 fully saturated rings. The van der Waals surface area contributed by atoms with Gasteiger partial charge in [-0.25, -0.2) is 0 Å². The fraction of sp³-hybridized carbons (Fsp3) is 0.444. The van der Waals surface area contributed by atoms with Crippen molar-refractivity contribution >= 4 is 5.69 Å². The van der Waals surface area contributed by atoms with Gasteiger partial charge in [0.1, 0.15) is 17.2 Å². The minimum absolute atomic E-state index is 0.287. The molecule has 0 saturated carbocycles. The van der Waals surface area contributed by atoms with Gasteiger partial charge in [0.15, 0.2) is 5.76 Å². The Balaban J connectivity index is 1.92. The topological polar surface area (TPSA) is 59.8 Å². The lowest BCUT2D eigenvalue weighted by Crippen LogP contribution is -2.24. The summed E-state index contributed by atoms with van der Waals surface area (Å²) in [4.78, 5) is 2.34. The monoisotopic (exact) mass is 449 g/mol. The first kappa shape index (κ1) is 23.2. The fourth-order valence-electron chi connectivity index (χ4n) is 4.63. The summed E-state index contributed by atoms with van der Waals surface area (Å²) in [5.74, 6) is 2.53. The van der Waals surface area contributed by atoms with Crippen LogP contribution >= 0.6 is 0 Å². The van der Waals surface area contributed by atoms with Crippen LogP contribution in [-0.2, 0) is 13.0 Å². The van der Waals surface area contributed by atoms with E-state index in [1.807, 2.05) is 6.07 Å². The van der Waals surface area contributed by atoms with Gasteiger partial charge in [-0.05, 0) is 54.1 Å². The number of aryl methyl sites for hydroxylation is 1. The molecule has 2 aromatic carbocycles. The summed E-state index contributed by atoms with van der Waals surface area (Å²) in [7, 11) is 5.53. The lowest BCUT2D eigenvalue weighted by molar-refractivity contribution is 0.386. The normalized spacial score (nSPS) is 13.4. The molecule has 0 aliphatic carbocycles. The summed E-state index contributed by atoms with van der Waals surface area (Å²) >= 11 is 0. The maximum absolute atomic E-state index is 6.03. The number of rotatable bonds is 8. The number of anilines is 1. The zero-order valence-electron chi connectivity index (χ0n) is 20.6. The zero-order chi connectivity index (χ0) is 23.5. The van der Waals surface area contributed by atoms with E-state index in [9.17, 15) is 0 Å². The van der Waals surface area contributed by atoms with Crippen LogP contribution in [0.4, 0.5) is 5.69 Å². The SMILES string of the molecule is CCNCc1noc(-c2cc(C(C)C)c(OC)cc2OC)c1-c1ccc2c(c1)N(C)CCC2. The third-order valence-electron chi connectivity index (χ3n) is 6.45. The van der Waals surface area contributed by atoms with Gasteiger partial charge < -0.3 is 24.2 Å². The van der Waals surface area contributed by atoms with Crippen molar-refractivity contribution in [2.45, 2.75) is 46.1 Å². The van der Waals surface area contributed by atoms with Gasteiger partial charge in [-0.15, -0.1) is 0 Å². The second-order valence-corrected chi connectivity index (χ2v) is 8.93. The van der Waals surface area contributed by atoms with Gasteiger partial charge in [0.05, 0.1) is 25.3 Å². The van der Waals surface area contributed by atoms with Gasteiger partial charge in [0, 0.05) is 31.9 Å². The predicted molar refractivity (Wildman–Crippen MR) is 134 cm³/mol. The predicted octanol–water partition coefficient (Wildman–Crippen LogP) is 5.64. The molecule has 2 heterocycles. The third-order valence-corrected chi connectivity index (χ3v) is 6.45. The van der Waals surface area contributed by atoms with Crippen LogP contribution in [0, 0.1) is 0 Å². The van der Waals surface area contributed by atoms with E-state index in [1.165, 1.54) is 17.7 Å². The minimum Gasteiger partial charge on any atom is -0.496 e. The van der Waals surface area contributed by atoms with Crippen molar-refractivity contribution in [1.29, 1.82) is 0 Å². The Hall–Kier alpha value is -2.99. The number of hydrogen-bond acceptors (Lipinski definition) is 6. The number of methoxy groups -OCH3 is 2. The Morgan fingerprint density at radius 1 is 1.12 bits per heavy atom. The van der Waals surface area contributed by atoms with E-state index in [2.05, 4.69) is 67.5 Å². The highest BCUT2D eigenvalue weighted by Crippen LogP contribution is 2.44. The molecule has 1 aliphatic rings. The van der Waals surface area contributed by atoms with Crippen molar-refractivity contribution in [2.75, 3.05) is 39.3 Å². The second-order valence-electron chi connectivity index (χ2n) is 8.93. The molecular formula is C27H35N3O3. The average Bonchev–Trinajstić information content (AvgIpc) is 3.25. The molecule has 1 aromatic heterocycles. The Morgan fingerprint density at radius 3 is 2.61 bits per heavy atom. The molecule has 4 rings (SSSR count). The number of hydrogen-bond donors (Lipinski definition) is 1. The zero-order valence-corrected chi connectivity index (χ0v) is 20.6. The van der Waals surface area contributed by atoms with Crippen LogP contribution in [0.1, 0.15) is 49.9 Å². The molecule has 0 spiro atoms. The summed E-state index contributed by atoms with van der Waals surface area (Å²) < 4.78 is 17.5. The van der Waals surface area contributed by atoms with Crippen LogP contribution in [0.2, 0.25) is 0 Å². The highest BCUT2D eigenvalue weighted by molar-refractivity contribution is 5.86. The molecule has 1 N–H and O–H groups in total.